The van der Waals surface area contributed by atoms with Crippen LogP contribution < -0.4 is 5.73 Å². The molecule has 0 unspecified atom stereocenters. The van der Waals surface area contributed by atoms with Crippen LogP contribution in [-0.4, -0.2) is 33.9 Å². The van der Waals surface area contributed by atoms with Crippen molar-refractivity contribution in [2.75, 3.05) is 6.54 Å². The zero-order valence-corrected chi connectivity index (χ0v) is 10.8. The second kappa shape index (κ2) is 4.84. The van der Waals surface area contributed by atoms with Gasteiger partial charge in [-0.1, -0.05) is 13.8 Å². The molecule has 0 spiro atoms. The Morgan fingerprint density at radius 3 is 2.56 bits per heavy atom. The lowest BCUT2D eigenvalue weighted by atomic mass is 10.1. The summed E-state index contributed by atoms with van der Waals surface area (Å²) in [6.07, 6.45) is 1.90. The van der Waals surface area contributed by atoms with Gasteiger partial charge in [0.1, 0.15) is 11.4 Å². The standard InChI is InChI=1S/C13H19N3O2/c1-3-9(4-2)15-7-8-16-10(12(14)17)5-6-11(16)13(15)18/h5-6,9H,3-4,7-8H2,1-2H3,(H2,14,17). The average Bonchev–Trinajstić information content (AvgIpc) is 2.78. The number of hydrogen-bond acceptors (Lipinski definition) is 2. The van der Waals surface area contributed by atoms with E-state index in [4.69, 9.17) is 5.73 Å². The molecule has 5 nitrogen and oxygen atoms in total. The summed E-state index contributed by atoms with van der Waals surface area (Å²) in [4.78, 5) is 25.5. The fraction of sp³-hybridized carbons (Fsp3) is 0.538. The summed E-state index contributed by atoms with van der Waals surface area (Å²) in [5, 5.41) is 0. The Labute approximate surface area is 107 Å². The Morgan fingerprint density at radius 1 is 1.33 bits per heavy atom. The summed E-state index contributed by atoms with van der Waals surface area (Å²) in [6, 6.07) is 3.60. The fourth-order valence-corrected chi connectivity index (χ4v) is 2.64. The number of fused-ring (bicyclic) bond motifs is 1. The molecule has 98 valence electrons. The predicted octanol–water partition coefficient (Wildman–Crippen LogP) is 1.23. The van der Waals surface area contributed by atoms with Crippen LogP contribution in [0.25, 0.3) is 0 Å². The molecule has 0 saturated heterocycles. The molecule has 0 aromatic carbocycles. The molecule has 0 saturated carbocycles. The van der Waals surface area contributed by atoms with Gasteiger partial charge in [0.2, 0.25) is 0 Å². The van der Waals surface area contributed by atoms with E-state index in [0.29, 0.717) is 24.5 Å². The van der Waals surface area contributed by atoms with Crippen LogP contribution in [0.2, 0.25) is 0 Å². The van der Waals surface area contributed by atoms with Crippen molar-refractivity contribution in [2.45, 2.75) is 39.3 Å². The number of primary amides is 1. The van der Waals surface area contributed by atoms with Crippen LogP contribution >= 0.6 is 0 Å². The van der Waals surface area contributed by atoms with Gasteiger partial charge in [0.05, 0.1) is 0 Å². The Morgan fingerprint density at radius 2 is 2.00 bits per heavy atom. The van der Waals surface area contributed by atoms with Gasteiger partial charge in [-0.25, -0.2) is 0 Å². The van der Waals surface area contributed by atoms with Gasteiger partial charge in [-0.2, -0.15) is 0 Å². The molecule has 2 amide bonds. The molecule has 1 aliphatic rings. The Hall–Kier alpha value is -1.78. The second-order valence-electron chi connectivity index (χ2n) is 4.59. The lowest BCUT2D eigenvalue weighted by Crippen LogP contribution is -2.46. The number of nitrogens with zero attached hydrogens (tertiary/aromatic N) is 2. The van der Waals surface area contributed by atoms with Crippen LogP contribution in [0.4, 0.5) is 0 Å². The number of carbonyl (C=O) groups is 2. The van der Waals surface area contributed by atoms with E-state index in [1.54, 1.807) is 16.7 Å². The quantitative estimate of drug-likeness (QED) is 0.872. The van der Waals surface area contributed by atoms with Crippen molar-refractivity contribution in [2.24, 2.45) is 5.73 Å². The summed E-state index contributed by atoms with van der Waals surface area (Å²) in [7, 11) is 0. The Kier molecular flexibility index (Phi) is 3.41. The van der Waals surface area contributed by atoms with Gasteiger partial charge in [-0.15, -0.1) is 0 Å². The number of nitrogens with two attached hydrogens (primary N) is 1. The van der Waals surface area contributed by atoms with Gasteiger partial charge in [0.25, 0.3) is 11.8 Å². The minimum atomic E-state index is -0.481. The predicted molar refractivity (Wildman–Crippen MR) is 68.4 cm³/mol. The lowest BCUT2D eigenvalue weighted by molar-refractivity contribution is 0.0605. The van der Waals surface area contributed by atoms with Gasteiger partial charge in [0.15, 0.2) is 0 Å². The average molecular weight is 249 g/mol. The summed E-state index contributed by atoms with van der Waals surface area (Å²) >= 11 is 0. The fourth-order valence-electron chi connectivity index (χ4n) is 2.64. The molecular weight excluding hydrogens is 230 g/mol. The van der Waals surface area contributed by atoms with E-state index in [-0.39, 0.29) is 11.9 Å². The molecule has 0 atom stereocenters. The number of aromatic nitrogens is 1. The molecule has 2 rings (SSSR count). The normalized spacial score (nSPS) is 15.1. The van der Waals surface area contributed by atoms with E-state index >= 15 is 0 Å². The first-order valence-electron chi connectivity index (χ1n) is 6.40. The van der Waals surface area contributed by atoms with Gasteiger partial charge in [0, 0.05) is 19.1 Å². The molecule has 0 radical (unpaired) electrons. The monoisotopic (exact) mass is 249 g/mol. The Bertz CT molecular complexity index is 475. The van der Waals surface area contributed by atoms with Crippen molar-refractivity contribution in [3.63, 3.8) is 0 Å². The van der Waals surface area contributed by atoms with Crippen LogP contribution in [0.5, 0.6) is 0 Å². The molecule has 18 heavy (non-hydrogen) atoms. The minimum absolute atomic E-state index is 0.00227. The van der Waals surface area contributed by atoms with Gasteiger partial charge in [-0.05, 0) is 25.0 Å². The van der Waals surface area contributed by atoms with Crippen molar-refractivity contribution in [3.8, 4) is 0 Å². The van der Waals surface area contributed by atoms with Crippen molar-refractivity contribution in [1.29, 1.82) is 0 Å². The first-order valence-corrected chi connectivity index (χ1v) is 6.40. The summed E-state index contributed by atoms with van der Waals surface area (Å²) < 4.78 is 1.73. The van der Waals surface area contributed by atoms with Crippen LogP contribution in [0, 0.1) is 0 Å². The third kappa shape index (κ3) is 1.89. The van der Waals surface area contributed by atoms with Gasteiger partial charge in [-0.3, -0.25) is 9.59 Å². The summed E-state index contributed by atoms with van der Waals surface area (Å²) in [5.74, 6) is -0.479. The minimum Gasteiger partial charge on any atom is -0.364 e. The molecule has 5 heteroatoms. The largest absolute Gasteiger partial charge is 0.364 e. The van der Waals surface area contributed by atoms with Crippen molar-refractivity contribution in [1.82, 2.24) is 9.47 Å². The topological polar surface area (TPSA) is 68.3 Å². The Balaban J connectivity index is 2.32. The maximum atomic E-state index is 12.4. The molecule has 1 aromatic heterocycles. The number of hydrogen-bond donors (Lipinski definition) is 1. The van der Waals surface area contributed by atoms with E-state index in [0.717, 1.165) is 12.8 Å². The van der Waals surface area contributed by atoms with Crippen LogP contribution in [-0.2, 0) is 6.54 Å². The highest BCUT2D eigenvalue weighted by atomic mass is 16.2. The van der Waals surface area contributed by atoms with E-state index in [2.05, 4.69) is 13.8 Å². The van der Waals surface area contributed by atoms with Crippen molar-refractivity contribution >= 4 is 11.8 Å². The first kappa shape index (κ1) is 12.7. The third-order valence-electron chi connectivity index (χ3n) is 3.66. The molecule has 1 aliphatic heterocycles. The molecule has 0 bridgehead atoms. The van der Waals surface area contributed by atoms with Crippen LogP contribution in [0.1, 0.15) is 47.7 Å². The number of amides is 2. The zero-order valence-electron chi connectivity index (χ0n) is 10.8. The second-order valence-corrected chi connectivity index (χ2v) is 4.59. The maximum absolute atomic E-state index is 12.4. The SMILES string of the molecule is CCC(CC)N1CCn2c(C(N)=O)ccc2C1=O. The van der Waals surface area contributed by atoms with Crippen LogP contribution in [0.15, 0.2) is 12.1 Å². The maximum Gasteiger partial charge on any atom is 0.270 e. The smallest absolute Gasteiger partial charge is 0.270 e. The van der Waals surface area contributed by atoms with E-state index in [1.807, 2.05) is 4.90 Å². The highest BCUT2D eigenvalue weighted by molar-refractivity contribution is 5.98. The molecule has 0 fully saturated rings. The molecular formula is C13H19N3O2. The van der Waals surface area contributed by atoms with Gasteiger partial charge >= 0.3 is 0 Å². The lowest BCUT2D eigenvalue weighted by Gasteiger charge is -2.34. The summed E-state index contributed by atoms with van der Waals surface area (Å²) in [6.45, 7) is 5.46. The summed E-state index contributed by atoms with van der Waals surface area (Å²) in [5.41, 5.74) is 6.28. The number of carbonyl (C=O) groups excluding carboxylic acids is 2. The molecule has 1 aromatic rings. The zero-order chi connectivity index (χ0) is 13.3. The van der Waals surface area contributed by atoms with E-state index < -0.39 is 5.91 Å². The third-order valence-corrected chi connectivity index (χ3v) is 3.66. The first-order chi connectivity index (χ1) is 8.60. The highest BCUT2D eigenvalue weighted by Gasteiger charge is 2.30. The molecule has 2 N–H and O–H groups in total. The van der Waals surface area contributed by atoms with Crippen LogP contribution in [0.3, 0.4) is 0 Å². The van der Waals surface area contributed by atoms with E-state index in [9.17, 15) is 9.59 Å². The molecule has 0 aliphatic carbocycles. The van der Waals surface area contributed by atoms with Crippen molar-refractivity contribution in [3.05, 3.63) is 23.5 Å². The van der Waals surface area contributed by atoms with Gasteiger partial charge < -0.3 is 15.2 Å². The van der Waals surface area contributed by atoms with E-state index in [1.165, 1.54) is 0 Å². The van der Waals surface area contributed by atoms with Crippen molar-refractivity contribution < 1.29 is 9.59 Å². The molecule has 2 heterocycles. The highest BCUT2D eigenvalue weighted by Crippen LogP contribution is 2.21. The number of rotatable bonds is 4.